The Balaban J connectivity index is 2.23. The van der Waals surface area contributed by atoms with E-state index in [1.807, 2.05) is 6.92 Å². The maximum absolute atomic E-state index is 10.9. The van der Waals surface area contributed by atoms with E-state index in [1.165, 1.54) is 16.7 Å². The Labute approximate surface area is 136 Å². The summed E-state index contributed by atoms with van der Waals surface area (Å²) in [4.78, 5) is 0. The standard InChI is InChI=1S/C20H32O2/c1-14(2)17-13-19-20(5,21)11-7-10-15(3)8-6-9-16(4)12-18(17)22-19/h9-10,17-19,21H,1,6-8,11-13H2,2-5H3/t17-,18+,19-,20+/m1/s1. The zero-order valence-electron chi connectivity index (χ0n) is 14.7. The van der Waals surface area contributed by atoms with Crippen molar-refractivity contribution < 1.29 is 9.84 Å². The summed E-state index contributed by atoms with van der Waals surface area (Å²) in [5, 5.41) is 10.9. The van der Waals surface area contributed by atoms with E-state index in [9.17, 15) is 5.11 Å². The van der Waals surface area contributed by atoms with Gasteiger partial charge in [-0.05, 0) is 66.2 Å². The maximum Gasteiger partial charge on any atom is 0.0883 e. The molecule has 0 saturated carbocycles. The zero-order chi connectivity index (χ0) is 16.3. The lowest BCUT2D eigenvalue weighted by Gasteiger charge is -2.29. The van der Waals surface area contributed by atoms with E-state index in [2.05, 4.69) is 39.5 Å². The molecule has 1 N–H and O–H groups in total. The Morgan fingerprint density at radius 2 is 1.95 bits per heavy atom. The minimum absolute atomic E-state index is 0.0820. The highest BCUT2D eigenvalue weighted by Gasteiger charge is 2.43. The molecular formula is C20H32O2. The van der Waals surface area contributed by atoms with Crippen LogP contribution in [-0.2, 0) is 4.74 Å². The normalized spacial score (nSPS) is 37.4. The summed E-state index contributed by atoms with van der Waals surface area (Å²) in [6, 6.07) is 0. The zero-order valence-corrected chi connectivity index (χ0v) is 14.7. The van der Waals surface area contributed by atoms with E-state index in [0.29, 0.717) is 5.92 Å². The van der Waals surface area contributed by atoms with Gasteiger partial charge in [-0.2, -0.15) is 0 Å². The first-order valence-electron chi connectivity index (χ1n) is 8.64. The fourth-order valence-corrected chi connectivity index (χ4v) is 3.67. The molecule has 22 heavy (non-hydrogen) atoms. The monoisotopic (exact) mass is 304 g/mol. The van der Waals surface area contributed by atoms with Crippen molar-refractivity contribution in [2.24, 2.45) is 5.92 Å². The van der Waals surface area contributed by atoms with Crippen LogP contribution in [0.3, 0.4) is 0 Å². The summed E-state index contributed by atoms with van der Waals surface area (Å²) in [5.41, 5.74) is 3.23. The van der Waals surface area contributed by atoms with Gasteiger partial charge in [-0.1, -0.05) is 35.5 Å². The third-order valence-electron chi connectivity index (χ3n) is 5.28. The molecular weight excluding hydrogens is 272 g/mol. The first-order valence-corrected chi connectivity index (χ1v) is 8.64. The molecule has 0 aromatic rings. The predicted molar refractivity (Wildman–Crippen MR) is 92.8 cm³/mol. The molecule has 2 heteroatoms. The number of aliphatic hydroxyl groups is 1. The van der Waals surface area contributed by atoms with Crippen molar-refractivity contribution in [1.29, 1.82) is 0 Å². The lowest BCUT2D eigenvalue weighted by Crippen LogP contribution is -2.39. The van der Waals surface area contributed by atoms with E-state index in [1.54, 1.807) is 0 Å². The molecule has 0 aromatic carbocycles. The van der Waals surface area contributed by atoms with Crippen molar-refractivity contribution in [3.63, 3.8) is 0 Å². The van der Waals surface area contributed by atoms with Crippen LogP contribution in [0, 0.1) is 5.92 Å². The molecule has 1 fully saturated rings. The minimum atomic E-state index is -0.759. The molecule has 2 aliphatic rings. The fraction of sp³-hybridized carbons (Fsp3) is 0.700. The Hall–Kier alpha value is -0.860. The molecule has 0 amide bonds. The molecule has 2 bridgehead atoms. The molecule has 0 aliphatic carbocycles. The minimum Gasteiger partial charge on any atom is -0.387 e. The molecule has 0 unspecified atom stereocenters. The second kappa shape index (κ2) is 7.14. The van der Waals surface area contributed by atoms with Crippen molar-refractivity contribution in [2.45, 2.75) is 84.0 Å². The predicted octanol–water partition coefficient (Wildman–Crippen LogP) is 4.94. The highest BCUT2D eigenvalue weighted by molar-refractivity contribution is 5.12. The van der Waals surface area contributed by atoms with Crippen molar-refractivity contribution in [2.75, 3.05) is 0 Å². The number of ether oxygens (including phenoxy) is 1. The third kappa shape index (κ3) is 4.33. The maximum atomic E-state index is 10.9. The summed E-state index contributed by atoms with van der Waals surface area (Å²) >= 11 is 0. The Morgan fingerprint density at radius 3 is 2.64 bits per heavy atom. The van der Waals surface area contributed by atoms with Gasteiger partial charge in [0.05, 0.1) is 17.8 Å². The summed E-state index contributed by atoms with van der Waals surface area (Å²) in [6.07, 6.45) is 10.4. The van der Waals surface area contributed by atoms with Gasteiger partial charge in [-0.25, -0.2) is 0 Å². The van der Waals surface area contributed by atoms with E-state index >= 15 is 0 Å². The van der Waals surface area contributed by atoms with Crippen LogP contribution in [0.5, 0.6) is 0 Å². The Kier molecular flexibility index (Phi) is 5.68. The molecule has 0 aromatic heterocycles. The molecule has 4 atom stereocenters. The molecule has 124 valence electrons. The van der Waals surface area contributed by atoms with Gasteiger partial charge in [0.15, 0.2) is 0 Å². The second-order valence-corrected chi connectivity index (χ2v) is 7.59. The molecule has 0 radical (unpaired) electrons. The first kappa shape index (κ1) is 17.5. The number of hydrogen-bond donors (Lipinski definition) is 1. The molecule has 2 rings (SSSR count). The van der Waals surface area contributed by atoms with E-state index < -0.39 is 5.60 Å². The highest BCUT2D eigenvalue weighted by atomic mass is 16.5. The van der Waals surface area contributed by atoms with Crippen LogP contribution in [0.1, 0.15) is 66.2 Å². The molecule has 1 saturated heterocycles. The lowest BCUT2D eigenvalue weighted by atomic mass is 9.84. The quantitative estimate of drug-likeness (QED) is 0.695. The van der Waals surface area contributed by atoms with Crippen molar-refractivity contribution in [3.05, 3.63) is 35.5 Å². The summed E-state index contributed by atoms with van der Waals surface area (Å²) in [7, 11) is 0. The first-order chi connectivity index (χ1) is 10.3. The number of rotatable bonds is 1. The SMILES string of the molecule is C=C(C)[C@H]1C[C@H]2O[C@H]1CC(C)=CCCC(C)=CCC[C@]2(C)O. The van der Waals surface area contributed by atoms with Crippen LogP contribution in [-0.4, -0.2) is 22.9 Å². The molecule has 2 nitrogen and oxygen atoms in total. The van der Waals surface area contributed by atoms with Gasteiger partial charge in [-0.15, -0.1) is 0 Å². The van der Waals surface area contributed by atoms with E-state index in [4.69, 9.17) is 4.74 Å². The summed E-state index contributed by atoms with van der Waals surface area (Å²) in [5.74, 6) is 0.361. The van der Waals surface area contributed by atoms with Crippen molar-refractivity contribution >= 4 is 0 Å². The van der Waals surface area contributed by atoms with Crippen molar-refractivity contribution in [3.8, 4) is 0 Å². The van der Waals surface area contributed by atoms with Gasteiger partial charge in [0.25, 0.3) is 0 Å². The van der Waals surface area contributed by atoms with Gasteiger partial charge in [0, 0.05) is 5.92 Å². The van der Waals surface area contributed by atoms with Gasteiger partial charge >= 0.3 is 0 Å². The molecule has 2 aliphatic heterocycles. The van der Waals surface area contributed by atoms with Crippen LogP contribution in [0.2, 0.25) is 0 Å². The topological polar surface area (TPSA) is 29.5 Å². The summed E-state index contributed by atoms with van der Waals surface area (Å²) in [6.45, 7) is 12.6. The number of hydrogen-bond acceptors (Lipinski definition) is 2. The smallest absolute Gasteiger partial charge is 0.0883 e. The van der Waals surface area contributed by atoms with Crippen LogP contribution >= 0.6 is 0 Å². The number of allylic oxidation sites excluding steroid dienone is 3. The average molecular weight is 304 g/mol. The fourth-order valence-electron chi connectivity index (χ4n) is 3.67. The highest BCUT2D eigenvalue weighted by Crippen LogP contribution is 2.40. The lowest BCUT2D eigenvalue weighted by molar-refractivity contribution is -0.0969. The van der Waals surface area contributed by atoms with Crippen LogP contribution in [0.15, 0.2) is 35.5 Å². The average Bonchev–Trinajstić information content (AvgIpc) is 2.82. The van der Waals surface area contributed by atoms with E-state index in [-0.39, 0.29) is 12.2 Å². The van der Waals surface area contributed by atoms with Gasteiger partial charge in [0.2, 0.25) is 0 Å². The summed E-state index contributed by atoms with van der Waals surface area (Å²) < 4.78 is 6.29. The second-order valence-electron chi connectivity index (χ2n) is 7.59. The number of fused-ring (bicyclic) bond motifs is 2. The van der Waals surface area contributed by atoms with Gasteiger partial charge in [-0.3, -0.25) is 0 Å². The molecule has 0 spiro atoms. The molecule has 2 heterocycles. The Bertz CT molecular complexity index is 470. The van der Waals surface area contributed by atoms with Gasteiger partial charge in [0.1, 0.15) is 0 Å². The van der Waals surface area contributed by atoms with Crippen LogP contribution in [0.25, 0.3) is 0 Å². The van der Waals surface area contributed by atoms with Crippen molar-refractivity contribution in [1.82, 2.24) is 0 Å². The largest absolute Gasteiger partial charge is 0.387 e. The van der Waals surface area contributed by atoms with Crippen LogP contribution in [0.4, 0.5) is 0 Å². The Morgan fingerprint density at radius 1 is 1.27 bits per heavy atom. The van der Waals surface area contributed by atoms with Gasteiger partial charge < -0.3 is 9.84 Å². The third-order valence-corrected chi connectivity index (χ3v) is 5.28. The van der Waals surface area contributed by atoms with Crippen LogP contribution < -0.4 is 0 Å². The van der Waals surface area contributed by atoms with E-state index in [0.717, 1.165) is 38.5 Å².